The molecular formula is C13H17N3O5. The number of non-ortho nitro benzene ring substituents is 1. The number of nitro benzene ring substituents is 1. The monoisotopic (exact) mass is 295 g/mol. The van der Waals surface area contributed by atoms with Crippen molar-refractivity contribution in [3.05, 3.63) is 33.9 Å². The van der Waals surface area contributed by atoms with Crippen LogP contribution >= 0.6 is 0 Å². The van der Waals surface area contributed by atoms with Crippen molar-refractivity contribution >= 4 is 23.3 Å². The van der Waals surface area contributed by atoms with Crippen LogP contribution in [0.25, 0.3) is 0 Å². The summed E-state index contributed by atoms with van der Waals surface area (Å²) in [7, 11) is 1.57. The van der Waals surface area contributed by atoms with Gasteiger partial charge in [0.2, 0.25) is 0 Å². The van der Waals surface area contributed by atoms with Crippen LogP contribution in [0.3, 0.4) is 0 Å². The first kappa shape index (κ1) is 16.4. The molecule has 0 heterocycles. The maximum Gasteiger partial charge on any atom is 0.341 e. The SMILES string of the molecule is CNc1ccc([N+](=O)[O-])cc1C(=O)OCC(=O)NC(C)C. The molecule has 1 aromatic carbocycles. The van der Waals surface area contributed by atoms with Gasteiger partial charge in [-0.1, -0.05) is 0 Å². The lowest BCUT2D eigenvalue weighted by molar-refractivity contribution is -0.384. The van der Waals surface area contributed by atoms with E-state index in [-0.39, 0.29) is 17.3 Å². The van der Waals surface area contributed by atoms with Gasteiger partial charge < -0.3 is 15.4 Å². The second kappa shape index (κ2) is 7.22. The number of nitrogens with zero attached hydrogens (tertiary/aromatic N) is 1. The van der Waals surface area contributed by atoms with Crippen molar-refractivity contribution < 1.29 is 19.2 Å². The third-order valence-electron chi connectivity index (χ3n) is 2.49. The van der Waals surface area contributed by atoms with Gasteiger partial charge in [0.1, 0.15) is 0 Å². The van der Waals surface area contributed by atoms with Crippen LogP contribution < -0.4 is 10.6 Å². The zero-order valence-electron chi connectivity index (χ0n) is 12.0. The van der Waals surface area contributed by atoms with Crippen molar-refractivity contribution in [1.82, 2.24) is 5.32 Å². The van der Waals surface area contributed by atoms with Crippen LogP contribution in [0.2, 0.25) is 0 Å². The fraction of sp³-hybridized carbons (Fsp3) is 0.385. The topological polar surface area (TPSA) is 111 Å². The van der Waals surface area contributed by atoms with Crippen LogP contribution in [0.1, 0.15) is 24.2 Å². The Balaban J connectivity index is 2.83. The van der Waals surface area contributed by atoms with Gasteiger partial charge in [0.25, 0.3) is 11.6 Å². The van der Waals surface area contributed by atoms with E-state index in [2.05, 4.69) is 10.6 Å². The first-order valence-electron chi connectivity index (χ1n) is 6.27. The van der Waals surface area contributed by atoms with E-state index in [1.54, 1.807) is 20.9 Å². The standard InChI is InChI=1S/C13H17N3O5/c1-8(2)15-12(17)7-21-13(18)10-6-9(16(19)20)4-5-11(10)14-3/h4-6,8,14H,7H2,1-3H3,(H,15,17). The molecule has 0 saturated carbocycles. The third-order valence-corrected chi connectivity index (χ3v) is 2.49. The van der Waals surface area contributed by atoms with Crippen LogP contribution in [0, 0.1) is 10.1 Å². The minimum Gasteiger partial charge on any atom is -0.452 e. The number of nitrogens with one attached hydrogen (secondary N) is 2. The van der Waals surface area contributed by atoms with Gasteiger partial charge in [-0.05, 0) is 19.9 Å². The molecule has 0 aromatic heterocycles. The Bertz CT molecular complexity index is 557. The van der Waals surface area contributed by atoms with Gasteiger partial charge in [0, 0.05) is 30.9 Å². The van der Waals surface area contributed by atoms with Crippen molar-refractivity contribution in [3.63, 3.8) is 0 Å². The number of anilines is 1. The zero-order valence-corrected chi connectivity index (χ0v) is 12.0. The Kier molecular flexibility index (Phi) is 5.65. The average Bonchev–Trinajstić information content (AvgIpc) is 2.43. The third kappa shape index (κ3) is 4.75. The molecule has 21 heavy (non-hydrogen) atoms. The molecule has 0 bridgehead atoms. The summed E-state index contributed by atoms with van der Waals surface area (Å²) >= 11 is 0. The summed E-state index contributed by atoms with van der Waals surface area (Å²) < 4.78 is 4.85. The number of ether oxygens (including phenoxy) is 1. The first-order valence-corrected chi connectivity index (χ1v) is 6.27. The highest BCUT2D eigenvalue weighted by Gasteiger charge is 2.18. The van der Waals surface area contributed by atoms with Gasteiger partial charge in [-0.25, -0.2) is 4.79 Å². The van der Waals surface area contributed by atoms with Crippen LogP contribution in [-0.2, 0) is 9.53 Å². The number of hydrogen-bond acceptors (Lipinski definition) is 6. The molecule has 0 atom stereocenters. The quantitative estimate of drug-likeness (QED) is 0.465. The second-order valence-electron chi connectivity index (χ2n) is 4.54. The molecule has 0 radical (unpaired) electrons. The van der Waals surface area contributed by atoms with Crippen molar-refractivity contribution in [2.75, 3.05) is 19.0 Å². The lowest BCUT2D eigenvalue weighted by Gasteiger charge is -2.10. The van der Waals surface area contributed by atoms with Crippen LogP contribution in [0.5, 0.6) is 0 Å². The van der Waals surface area contributed by atoms with Crippen molar-refractivity contribution in [3.8, 4) is 0 Å². The van der Waals surface area contributed by atoms with Crippen molar-refractivity contribution in [2.45, 2.75) is 19.9 Å². The van der Waals surface area contributed by atoms with Gasteiger partial charge in [-0.15, -0.1) is 0 Å². The summed E-state index contributed by atoms with van der Waals surface area (Å²) in [6, 6.07) is 3.72. The summed E-state index contributed by atoms with van der Waals surface area (Å²) in [5, 5.41) is 16.0. The number of rotatable bonds is 6. The predicted octanol–water partition coefficient (Wildman–Crippen LogP) is 1.32. The number of carbonyl (C=O) groups excluding carboxylic acids is 2. The molecule has 0 saturated heterocycles. The fourth-order valence-corrected chi connectivity index (χ4v) is 1.61. The summed E-state index contributed by atoms with van der Waals surface area (Å²) in [6.45, 7) is 3.11. The molecule has 0 aliphatic heterocycles. The highest BCUT2D eigenvalue weighted by Crippen LogP contribution is 2.22. The number of esters is 1. The molecule has 1 rings (SSSR count). The molecular weight excluding hydrogens is 278 g/mol. The Morgan fingerprint density at radius 3 is 2.57 bits per heavy atom. The van der Waals surface area contributed by atoms with Crippen LogP contribution in [0.15, 0.2) is 18.2 Å². The van der Waals surface area contributed by atoms with Crippen LogP contribution in [0.4, 0.5) is 11.4 Å². The number of nitro groups is 1. The number of amides is 1. The van der Waals surface area contributed by atoms with Crippen molar-refractivity contribution in [1.29, 1.82) is 0 Å². The zero-order chi connectivity index (χ0) is 16.0. The molecule has 8 heteroatoms. The molecule has 1 aromatic rings. The van der Waals surface area contributed by atoms with E-state index in [4.69, 9.17) is 4.74 Å². The maximum atomic E-state index is 11.9. The van der Waals surface area contributed by atoms with E-state index in [1.165, 1.54) is 12.1 Å². The lowest BCUT2D eigenvalue weighted by Crippen LogP contribution is -2.34. The molecule has 0 spiro atoms. The number of benzene rings is 1. The molecule has 114 valence electrons. The Labute approximate surface area is 121 Å². The minimum absolute atomic E-state index is 0.00375. The summed E-state index contributed by atoms with van der Waals surface area (Å²) in [4.78, 5) is 33.5. The van der Waals surface area contributed by atoms with E-state index in [0.717, 1.165) is 6.07 Å². The van der Waals surface area contributed by atoms with E-state index < -0.39 is 23.4 Å². The highest BCUT2D eigenvalue weighted by molar-refractivity contribution is 5.97. The molecule has 0 aliphatic rings. The van der Waals surface area contributed by atoms with Gasteiger partial charge in [0.05, 0.1) is 10.5 Å². The highest BCUT2D eigenvalue weighted by atomic mass is 16.6. The first-order chi connectivity index (χ1) is 9.85. The Morgan fingerprint density at radius 1 is 1.38 bits per heavy atom. The van der Waals surface area contributed by atoms with Gasteiger partial charge in [-0.3, -0.25) is 14.9 Å². The molecule has 8 nitrogen and oxygen atoms in total. The number of hydrogen-bond donors (Lipinski definition) is 2. The summed E-state index contributed by atoms with van der Waals surface area (Å²) in [5.41, 5.74) is 0.159. The smallest absolute Gasteiger partial charge is 0.341 e. The molecule has 0 unspecified atom stereocenters. The maximum absolute atomic E-state index is 11.9. The van der Waals surface area contributed by atoms with Gasteiger partial charge >= 0.3 is 5.97 Å². The van der Waals surface area contributed by atoms with E-state index in [9.17, 15) is 19.7 Å². The van der Waals surface area contributed by atoms with Gasteiger partial charge in [-0.2, -0.15) is 0 Å². The predicted molar refractivity (Wildman–Crippen MR) is 76.2 cm³/mol. The fourth-order valence-electron chi connectivity index (χ4n) is 1.61. The Hall–Kier alpha value is -2.64. The summed E-state index contributed by atoms with van der Waals surface area (Å²) in [6.07, 6.45) is 0. The average molecular weight is 295 g/mol. The Morgan fingerprint density at radius 2 is 2.05 bits per heavy atom. The summed E-state index contributed by atoms with van der Waals surface area (Å²) in [5.74, 6) is -1.24. The minimum atomic E-state index is -0.804. The van der Waals surface area contributed by atoms with E-state index in [1.807, 2.05) is 0 Å². The second-order valence-corrected chi connectivity index (χ2v) is 4.54. The van der Waals surface area contributed by atoms with Crippen LogP contribution in [-0.4, -0.2) is 36.5 Å². The largest absolute Gasteiger partial charge is 0.452 e. The lowest BCUT2D eigenvalue weighted by atomic mass is 10.1. The van der Waals surface area contributed by atoms with E-state index in [0.29, 0.717) is 5.69 Å². The number of carbonyl (C=O) groups is 2. The molecule has 2 N–H and O–H groups in total. The molecule has 0 fully saturated rings. The van der Waals surface area contributed by atoms with Crippen molar-refractivity contribution in [2.24, 2.45) is 0 Å². The molecule has 0 aliphatic carbocycles. The van der Waals surface area contributed by atoms with Gasteiger partial charge in [0.15, 0.2) is 6.61 Å². The normalized spacial score (nSPS) is 10.1. The molecule has 1 amide bonds. The van der Waals surface area contributed by atoms with E-state index >= 15 is 0 Å².